The van der Waals surface area contributed by atoms with Gasteiger partial charge in [0.1, 0.15) is 27.3 Å². The van der Waals surface area contributed by atoms with Crippen molar-refractivity contribution in [1.82, 2.24) is 10.2 Å². The monoisotopic (exact) mass is 346 g/mol. The van der Waals surface area contributed by atoms with Crippen LogP contribution >= 0.6 is 11.3 Å². The minimum atomic E-state index is -3.55. The third-order valence-electron chi connectivity index (χ3n) is 2.76. The van der Waals surface area contributed by atoms with Gasteiger partial charge >= 0.3 is 0 Å². The molecule has 6 nitrogen and oxygen atoms in total. The van der Waals surface area contributed by atoms with Crippen molar-refractivity contribution in [3.63, 3.8) is 0 Å². The number of methoxy groups -OCH3 is 2. The van der Waals surface area contributed by atoms with Crippen LogP contribution in [-0.2, 0) is 32.7 Å². The Kier molecular flexibility index (Phi) is 5.43. The van der Waals surface area contributed by atoms with E-state index in [9.17, 15) is 12.8 Å². The van der Waals surface area contributed by atoms with E-state index in [1.54, 1.807) is 0 Å². The number of hydrogen-bond acceptors (Lipinski definition) is 7. The Morgan fingerprint density at radius 1 is 1.18 bits per heavy atom. The lowest BCUT2D eigenvalue weighted by molar-refractivity contribution is 0.184. The fraction of sp³-hybridized carbons (Fsp3) is 0.385. The van der Waals surface area contributed by atoms with Gasteiger partial charge in [-0.15, -0.1) is 10.2 Å². The molecular weight excluding hydrogens is 331 g/mol. The normalized spacial score (nSPS) is 11.6. The second kappa shape index (κ2) is 7.12. The maximum atomic E-state index is 13.8. The van der Waals surface area contributed by atoms with E-state index in [4.69, 9.17) is 9.47 Å². The zero-order chi connectivity index (χ0) is 16.2. The van der Waals surface area contributed by atoms with Crippen molar-refractivity contribution in [1.29, 1.82) is 0 Å². The van der Waals surface area contributed by atoms with Crippen molar-refractivity contribution < 1.29 is 22.3 Å². The van der Waals surface area contributed by atoms with Gasteiger partial charge in [-0.2, -0.15) is 0 Å². The van der Waals surface area contributed by atoms with Gasteiger partial charge < -0.3 is 9.47 Å². The first-order valence-corrected chi connectivity index (χ1v) is 8.90. The van der Waals surface area contributed by atoms with Crippen LogP contribution in [0.5, 0.6) is 5.75 Å². The summed E-state index contributed by atoms with van der Waals surface area (Å²) >= 11 is 1.17. The van der Waals surface area contributed by atoms with Gasteiger partial charge in [0, 0.05) is 18.7 Å². The summed E-state index contributed by atoms with van der Waals surface area (Å²) in [6.45, 7) is 0.283. The maximum absolute atomic E-state index is 13.8. The molecule has 0 N–H and O–H groups in total. The molecule has 0 spiro atoms. The molecule has 0 aliphatic carbocycles. The first-order valence-electron chi connectivity index (χ1n) is 6.26. The van der Waals surface area contributed by atoms with E-state index < -0.39 is 21.4 Å². The van der Waals surface area contributed by atoms with Crippen LogP contribution in [0.4, 0.5) is 4.39 Å². The molecule has 0 bridgehead atoms. The van der Waals surface area contributed by atoms with E-state index in [0.717, 1.165) is 6.07 Å². The molecule has 0 saturated carbocycles. The van der Waals surface area contributed by atoms with Crippen LogP contribution in [0.1, 0.15) is 15.6 Å². The van der Waals surface area contributed by atoms with E-state index in [0.29, 0.717) is 15.8 Å². The lowest BCUT2D eigenvalue weighted by atomic mass is 10.2. The summed E-state index contributed by atoms with van der Waals surface area (Å²) in [6.07, 6.45) is 0. The van der Waals surface area contributed by atoms with Crippen LogP contribution in [0.25, 0.3) is 0 Å². The number of aromatic nitrogens is 2. The lowest BCUT2D eigenvalue weighted by Gasteiger charge is -2.06. The fourth-order valence-corrected chi connectivity index (χ4v) is 4.41. The molecule has 22 heavy (non-hydrogen) atoms. The van der Waals surface area contributed by atoms with Gasteiger partial charge in [0.05, 0.1) is 19.5 Å². The summed E-state index contributed by atoms with van der Waals surface area (Å²) in [5.74, 6) is -0.950. The minimum Gasteiger partial charge on any atom is -0.497 e. The highest BCUT2D eigenvalue weighted by atomic mass is 32.2. The highest BCUT2D eigenvalue weighted by Gasteiger charge is 2.19. The molecule has 0 aliphatic heterocycles. The molecule has 1 aromatic carbocycles. The van der Waals surface area contributed by atoms with Crippen molar-refractivity contribution in [2.45, 2.75) is 18.1 Å². The molecule has 0 atom stereocenters. The Hall–Kier alpha value is -1.58. The standard InChI is InChI=1S/C13H15FN2O4S2/c1-19-6-12-15-16-13(21-12)8-22(17,18)7-9-3-4-10(20-2)5-11(9)14/h3-5H,6-8H2,1-2H3. The smallest absolute Gasteiger partial charge is 0.161 e. The van der Waals surface area contributed by atoms with Gasteiger partial charge in [0.15, 0.2) is 9.84 Å². The molecule has 0 radical (unpaired) electrons. The number of ether oxygens (including phenoxy) is 2. The van der Waals surface area contributed by atoms with Crippen LogP contribution in [0.15, 0.2) is 18.2 Å². The highest BCUT2D eigenvalue weighted by molar-refractivity contribution is 7.89. The first kappa shape index (κ1) is 16.8. The number of nitrogens with zero attached hydrogens (tertiary/aromatic N) is 2. The zero-order valence-corrected chi connectivity index (χ0v) is 13.7. The van der Waals surface area contributed by atoms with E-state index >= 15 is 0 Å². The van der Waals surface area contributed by atoms with Crippen molar-refractivity contribution in [2.75, 3.05) is 14.2 Å². The molecule has 0 saturated heterocycles. The SMILES string of the molecule is COCc1nnc(CS(=O)(=O)Cc2ccc(OC)cc2F)s1. The highest BCUT2D eigenvalue weighted by Crippen LogP contribution is 2.21. The Labute approximate surface area is 131 Å². The van der Waals surface area contributed by atoms with Gasteiger partial charge in [0.25, 0.3) is 0 Å². The van der Waals surface area contributed by atoms with Crippen LogP contribution in [-0.4, -0.2) is 32.8 Å². The number of sulfone groups is 1. The Morgan fingerprint density at radius 2 is 1.91 bits per heavy atom. The van der Waals surface area contributed by atoms with Crippen LogP contribution in [0.3, 0.4) is 0 Å². The molecule has 0 amide bonds. The summed E-state index contributed by atoms with van der Waals surface area (Å²) in [5.41, 5.74) is 0.0995. The van der Waals surface area contributed by atoms with Crippen LogP contribution in [0.2, 0.25) is 0 Å². The van der Waals surface area contributed by atoms with E-state index in [2.05, 4.69) is 10.2 Å². The third-order valence-corrected chi connectivity index (χ3v) is 5.30. The average Bonchev–Trinajstić information content (AvgIpc) is 2.87. The first-order chi connectivity index (χ1) is 10.4. The average molecular weight is 346 g/mol. The predicted octanol–water partition coefficient (Wildman–Crippen LogP) is 1.95. The van der Waals surface area contributed by atoms with Crippen molar-refractivity contribution in [3.05, 3.63) is 39.6 Å². The molecule has 1 aromatic heterocycles. The van der Waals surface area contributed by atoms with Gasteiger partial charge in [-0.05, 0) is 6.07 Å². The second-order valence-corrected chi connectivity index (χ2v) is 7.72. The summed E-state index contributed by atoms with van der Waals surface area (Å²) in [4.78, 5) is 0. The number of rotatable bonds is 7. The van der Waals surface area contributed by atoms with Gasteiger partial charge in [-0.25, -0.2) is 12.8 Å². The topological polar surface area (TPSA) is 78.4 Å². The molecule has 2 rings (SSSR count). The molecule has 2 aromatic rings. The van der Waals surface area contributed by atoms with Crippen LogP contribution < -0.4 is 4.74 Å². The van der Waals surface area contributed by atoms with Gasteiger partial charge in [-0.3, -0.25) is 0 Å². The zero-order valence-electron chi connectivity index (χ0n) is 12.1. The van der Waals surface area contributed by atoms with E-state index in [1.165, 1.54) is 37.7 Å². The summed E-state index contributed by atoms with van der Waals surface area (Å²) < 4.78 is 47.9. The lowest BCUT2D eigenvalue weighted by Crippen LogP contribution is -2.09. The van der Waals surface area contributed by atoms with E-state index in [1.807, 2.05) is 0 Å². The number of halogens is 1. The van der Waals surface area contributed by atoms with E-state index in [-0.39, 0.29) is 17.9 Å². The van der Waals surface area contributed by atoms with Crippen LogP contribution in [0, 0.1) is 5.82 Å². The molecule has 0 unspecified atom stereocenters. The Bertz CT molecular complexity index is 746. The number of hydrogen-bond donors (Lipinski definition) is 0. The van der Waals surface area contributed by atoms with Gasteiger partial charge in [0.2, 0.25) is 0 Å². The number of benzene rings is 1. The largest absolute Gasteiger partial charge is 0.497 e. The van der Waals surface area contributed by atoms with Crippen molar-refractivity contribution in [2.24, 2.45) is 0 Å². The maximum Gasteiger partial charge on any atom is 0.161 e. The fourth-order valence-electron chi connectivity index (χ4n) is 1.78. The molecule has 9 heteroatoms. The Balaban J connectivity index is 2.10. The van der Waals surface area contributed by atoms with Crippen molar-refractivity contribution >= 4 is 21.2 Å². The van der Waals surface area contributed by atoms with Gasteiger partial charge in [-0.1, -0.05) is 17.4 Å². The quantitative estimate of drug-likeness (QED) is 0.762. The minimum absolute atomic E-state index is 0.0995. The molecule has 120 valence electrons. The molecule has 0 aliphatic rings. The Morgan fingerprint density at radius 3 is 2.55 bits per heavy atom. The predicted molar refractivity (Wildman–Crippen MR) is 79.9 cm³/mol. The third kappa shape index (κ3) is 4.46. The summed E-state index contributed by atoms with van der Waals surface area (Å²) in [7, 11) is -0.612. The summed E-state index contributed by atoms with van der Waals surface area (Å²) in [5, 5.41) is 8.60. The molecular formula is C13H15FN2O4S2. The van der Waals surface area contributed by atoms with Crippen molar-refractivity contribution in [3.8, 4) is 5.75 Å². The second-order valence-electron chi connectivity index (χ2n) is 4.51. The molecule has 0 fully saturated rings. The summed E-state index contributed by atoms with van der Waals surface area (Å²) in [6, 6.07) is 4.09. The molecule has 1 heterocycles.